The van der Waals surface area contributed by atoms with Crippen molar-refractivity contribution in [2.75, 3.05) is 32.8 Å². The highest BCUT2D eigenvalue weighted by molar-refractivity contribution is 6.31. The summed E-state index contributed by atoms with van der Waals surface area (Å²) in [5, 5.41) is 11.7. The van der Waals surface area contributed by atoms with Crippen LogP contribution in [0.3, 0.4) is 0 Å². The van der Waals surface area contributed by atoms with Crippen molar-refractivity contribution in [3.63, 3.8) is 0 Å². The molecule has 1 saturated heterocycles. The zero-order chi connectivity index (χ0) is 14.8. The van der Waals surface area contributed by atoms with Crippen molar-refractivity contribution >= 4 is 24.0 Å². The molecular formula is C13H17Cl2F3N2O. The third-order valence-electron chi connectivity index (χ3n) is 3.40. The van der Waals surface area contributed by atoms with E-state index in [9.17, 15) is 13.2 Å². The Kier molecular flexibility index (Phi) is 6.74. The lowest BCUT2D eigenvalue weighted by atomic mass is 9.98. The van der Waals surface area contributed by atoms with E-state index < -0.39 is 24.4 Å². The minimum Gasteiger partial charge on any atom is -0.390 e. The predicted octanol–water partition coefficient (Wildman–Crippen LogP) is 2.47. The van der Waals surface area contributed by atoms with Crippen LogP contribution in [-0.2, 0) is 0 Å². The second-order valence-corrected chi connectivity index (χ2v) is 5.13. The van der Waals surface area contributed by atoms with Crippen molar-refractivity contribution in [3.05, 3.63) is 34.6 Å². The largest absolute Gasteiger partial charge is 0.390 e. The number of halogens is 5. The van der Waals surface area contributed by atoms with Crippen molar-refractivity contribution in [2.45, 2.75) is 12.0 Å². The minimum absolute atomic E-state index is 0. The molecule has 1 atom stereocenters. The maximum absolute atomic E-state index is 14.1. The Morgan fingerprint density at radius 2 is 1.95 bits per heavy atom. The molecule has 0 radical (unpaired) electrons. The van der Waals surface area contributed by atoms with Gasteiger partial charge in [-0.3, -0.25) is 4.90 Å². The van der Waals surface area contributed by atoms with E-state index in [1.54, 1.807) is 0 Å². The maximum atomic E-state index is 14.1. The van der Waals surface area contributed by atoms with Crippen LogP contribution in [-0.4, -0.2) is 48.7 Å². The normalized spacial score (nSPS) is 18.1. The smallest absolute Gasteiger partial charge is 0.289 e. The average molecular weight is 345 g/mol. The summed E-state index contributed by atoms with van der Waals surface area (Å²) >= 11 is 5.84. The summed E-state index contributed by atoms with van der Waals surface area (Å²) in [5.41, 5.74) is 0.00705. The number of hydrogen-bond donors (Lipinski definition) is 2. The summed E-state index contributed by atoms with van der Waals surface area (Å²) in [4.78, 5) is 1.52. The van der Waals surface area contributed by atoms with Gasteiger partial charge in [-0.25, -0.2) is 13.2 Å². The third kappa shape index (κ3) is 4.02. The van der Waals surface area contributed by atoms with Gasteiger partial charge in [0.05, 0.1) is 5.02 Å². The van der Waals surface area contributed by atoms with Crippen LogP contribution in [0, 0.1) is 5.82 Å². The molecule has 1 aromatic rings. The van der Waals surface area contributed by atoms with E-state index in [4.69, 9.17) is 16.7 Å². The Hall–Kier alpha value is -0.530. The van der Waals surface area contributed by atoms with Gasteiger partial charge in [0.25, 0.3) is 5.92 Å². The maximum Gasteiger partial charge on any atom is 0.289 e. The molecule has 2 rings (SSSR count). The molecule has 8 heteroatoms. The van der Waals surface area contributed by atoms with E-state index >= 15 is 0 Å². The summed E-state index contributed by atoms with van der Waals surface area (Å²) in [6.07, 6.45) is 0. The lowest BCUT2D eigenvalue weighted by Crippen LogP contribution is -2.51. The van der Waals surface area contributed by atoms with Crippen molar-refractivity contribution in [1.29, 1.82) is 0 Å². The number of aliphatic hydroxyl groups is 1. The Morgan fingerprint density at radius 1 is 1.33 bits per heavy atom. The molecule has 3 nitrogen and oxygen atoms in total. The van der Waals surface area contributed by atoms with Crippen molar-refractivity contribution in [1.82, 2.24) is 10.2 Å². The second-order valence-electron chi connectivity index (χ2n) is 4.75. The highest BCUT2D eigenvalue weighted by Gasteiger charge is 2.45. The molecule has 1 aliphatic heterocycles. The number of aliphatic hydroxyl groups excluding tert-OH is 1. The molecule has 0 unspecified atom stereocenters. The molecule has 0 aliphatic carbocycles. The van der Waals surface area contributed by atoms with Gasteiger partial charge in [0.2, 0.25) is 0 Å². The molecule has 2 N–H and O–H groups in total. The molecule has 0 amide bonds. The fourth-order valence-electron chi connectivity index (χ4n) is 2.45. The number of piperazine rings is 1. The van der Waals surface area contributed by atoms with Crippen LogP contribution in [0.25, 0.3) is 0 Å². The van der Waals surface area contributed by atoms with E-state index in [1.807, 2.05) is 0 Å². The molecule has 1 fully saturated rings. The number of rotatable bonds is 4. The summed E-state index contributed by atoms with van der Waals surface area (Å²) in [5.74, 6) is -4.13. The van der Waals surface area contributed by atoms with Crippen LogP contribution >= 0.6 is 24.0 Å². The zero-order valence-corrected chi connectivity index (χ0v) is 12.7. The van der Waals surface area contributed by atoms with Crippen molar-refractivity contribution < 1.29 is 18.3 Å². The average Bonchev–Trinajstić information content (AvgIpc) is 2.45. The summed E-state index contributed by atoms with van der Waals surface area (Å²) in [6.45, 7) is 0.574. The molecule has 0 aromatic heterocycles. The Balaban J connectivity index is 0.00000220. The van der Waals surface area contributed by atoms with Crippen molar-refractivity contribution in [2.24, 2.45) is 0 Å². The molecular weight excluding hydrogens is 328 g/mol. The predicted molar refractivity (Wildman–Crippen MR) is 77.9 cm³/mol. The first-order valence-electron chi connectivity index (χ1n) is 6.34. The molecule has 0 spiro atoms. The lowest BCUT2D eigenvalue weighted by Gasteiger charge is -2.39. The molecule has 0 bridgehead atoms. The third-order valence-corrected chi connectivity index (χ3v) is 3.80. The zero-order valence-electron chi connectivity index (χ0n) is 11.2. The van der Waals surface area contributed by atoms with E-state index in [1.165, 1.54) is 17.0 Å². The number of nitrogens with zero attached hydrogens (tertiary/aromatic N) is 1. The van der Waals surface area contributed by atoms with Gasteiger partial charge < -0.3 is 10.4 Å². The standard InChI is InChI=1S/C13H16ClF3N2O.ClH/c14-11-9(2-1-3-10(11)15)12(13(16,17)8-20)19-6-4-18-5-7-19;/h1-3,12,18,20H,4-8H2;1H/t12-;/m0./s1. The first-order chi connectivity index (χ1) is 9.47. The van der Waals surface area contributed by atoms with Gasteiger partial charge in [0.15, 0.2) is 0 Å². The Bertz CT molecular complexity index is 471. The molecule has 120 valence electrons. The molecule has 1 heterocycles. The van der Waals surface area contributed by atoms with Crippen LogP contribution < -0.4 is 5.32 Å². The highest BCUT2D eigenvalue weighted by atomic mass is 35.5. The first kappa shape index (κ1) is 18.5. The summed E-state index contributed by atoms with van der Waals surface area (Å²) < 4.78 is 41.7. The fraction of sp³-hybridized carbons (Fsp3) is 0.538. The van der Waals surface area contributed by atoms with Crippen LogP contribution in [0.2, 0.25) is 5.02 Å². The molecule has 21 heavy (non-hydrogen) atoms. The highest BCUT2D eigenvalue weighted by Crippen LogP contribution is 2.40. The van der Waals surface area contributed by atoms with Gasteiger partial charge in [-0.1, -0.05) is 23.7 Å². The van der Waals surface area contributed by atoms with Crippen LogP contribution in [0.1, 0.15) is 11.6 Å². The molecule has 1 aromatic carbocycles. The monoisotopic (exact) mass is 344 g/mol. The van der Waals surface area contributed by atoms with E-state index in [0.29, 0.717) is 26.2 Å². The number of alkyl halides is 2. The Morgan fingerprint density at radius 3 is 2.52 bits per heavy atom. The number of hydrogen-bond acceptors (Lipinski definition) is 3. The van der Waals surface area contributed by atoms with E-state index in [0.717, 1.165) is 6.07 Å². The van der Waals surface area contributed by atoms with Crippen LogP contribution in [0.15, 0.2) is 18.2 Å². The van der Waals surface area contributed by atoms with Gasteiger partial charge in [0, 0.05) is 26.2 Å². The fourth-order valence-corrected chi connectivity index (χ4v) is 2.68. The van der Waals surface area contributed by atoms with E-state index in [-0.39, 0.29) is 23.0 Å². The van der Waals surface area contributed by atoms with Crippen LogP contribution in [0.4, 0.5) is 13.2 Å². The van der Waals surface area contributed by atoms with Crippen molar-refractivity contribution in [3.8, 4) is 0 Å². The minimum atomic E-state index is -3.39. The summed E-state index contributed by atoms with van der Waals surface area (Å²) in [6, 6.07) is 2.41. The first-order valence-corrected chi connectivity index (χ1v) is 6.72. The quantitative estimate of drug-likeness (QED) is 0.880. The van der Waals surface area contributed by atoms with Gasteiger partial charge in [0.1, 0.15) is 18.5 Å². The topological polar surface area (TPSA) is 35.5 Å². The van der Waals surface area contributed by atoms with E-state index in [2.05, 4.69) is 5.32 Å². The Labute approximate surface area is 132 Å². The number of nitrogens with one attached hydrogen (secondary N) is 1. The SMILES string of the molecule is Cl.OCC(F)(F)[C@H](c1cccc(F)c1Cl)N1CCNCC1. The van der Waals surface area contributed by atoms with Crippen LogP contribution in [0.5, 0.6) is 0 Å². The lowest BCUT2D eigenvalue weighted by molar-refractivity contribution is -0.118. The molecule has 1 aliphatic rings. The second kappa shape index (κ2) is 7.65. The molecule has 0 saturated carbocycles. The van der Waals surface area contributed by atoms with Gasteiger partial charge in [-0.15, -0.1) is 12.4 Å². The summed E-state index contributed by atoms with van der Waals surface area (Å²) in [7, 11) is 0. The number of benzene rings is 1. The van der Waals surface area contributed by atoms with Gasteiger partial charge in [-0.2, -0.15) is 0 Å². The van der Waals surface area contributed by atoms with Gasteiger partial charge >= 0.3 is 0 Å². The van der Waals surface area contributed by atoms with Gasteiger partial charge in [-0.05, 0) is 11.6 Å².